The lowest BCUT2D eigenvalue weighted by Crippen LogP contribution is -1.88. The Bertz CT molecular complexity index is 867. The Balaban J connectivity index is 2.19. The van der Waals surface area contributed by atoms with Gasteiger partial charge in [-0.15, -0.1) is 0 Å². The van der Waals surface area contributed by atoms with Crippen LogP contribution in [-0.4, -0.2) is 0 Å². The second-order valence-corrected chi connectivity index (χ2v) is 4.72. The summed E-state index contributed by atoms with van der Waals surface area (Å²) in [6.07, 6.45) is 1.74. The van der Waals surface area contributed by atoms with Gasteiger partial charge in [-0.05, 0) is 28.5 Å². The van der Waals surface area contributed by atoms with Crippen molar-refractivity contribution in [3.05, 3.63) is 83.7 Å². The molecule has 0 unspecified atom stereocenters. The Morgan fingerprint density at radius 2 is 1.62 bits per heavy atom. The quantitative estimate of drug-likeness (QED) is 0.474. The van der Waals surface area contributed by atoms with Crippen LogP contribution in [0.5, 0.6) is 0 Å². The molecular weight excluding hydrogens is 261 g/mol. The van der Waals surface area contributed by atoms with Crippen LogP contribution in [0.4, 0.5) is 4.39 Å². The van der Waals surface area contributed by atoms with E-state index in [4.69, 9.17) is 0 Å². The van der Waals surface area contributed by atoms with Crippen molar-refractivity contribution in [1.29, 1.82) is 5.26 Å². The molecule has 0 amide bonds. The molecule has 2 heteroatoms. The molecule has 100 valence electrons. The van der Waals surface area contributed by atoms with E-state index in [9.17, 15) is 9.65 Å². The number of halogens is 1. The van der Waals surface area contributed by atoms with E-state index in [2.05, 4.69) is 6.07 Å². The largest absolute Gasteiger partial charge is 0.206 e. The molecule has 3 aromatic carbocycles. The topological polar surface area (TPSA) is 23.8 Å². The van der Waals surface area contributed by atoms with Gasteiger partial charge in [-0.3, -0.25) is 0 Å². The zero-order chi connectivity index (χ0) is 14.7. The molecule has 0 atom stereocenters. The van der Waals surface area contributed by atoms with E-state index in [-0.39, 0.29) is 5.82 Å². The van der Waals surface area contributed by atoms with Gasteiger partial charge in [-0.25, -0.2) is 4.39 Å². The molecular formula is C19H12FN. The Kier molecular flexibility index (Phi) is 3.49. The maximum absolute atomic E-state index is 13.9. The molecule has 0 heterocycles. The molecule has 3 rings (SSSR count). The van der Waals surface area contributed by atoms with E-state index in [0.717, 1.165) is 16.3 Å². The van der Waals surface area contributed by atoms with Gasteiger partial charge in [-0.1, -0.05) is 60.7 Å². The molecule has 3 aromatic rings. The summed E-state index contributed by atoms with van der Waals surface area (Å²) in [7, 11) is 0. The number of nitrogens with zero attached hydrogens (tertiary/aromatic N) is 1. The molecule has 0 radical (unpaired) electrons. The average molecular weight is 273 g/mol. The molecule has 0 saturated carbocycles. The highest BCUT2D eigenvalue weighted by Crippen LogP contribution is 2.25. The molecule has 1 nitrogen and oxygen atoms in total. The van der Waals surface area contributed by atoms with Crippen LogP contribution in [0.25, 0.3) is 22.4 Å². The summed E-state index contributed by atoms with van der Waals surface area (Å²) >= 11 is 0. The fourth-order valence-electron chi connectivity index (χ4n) is 2.38. The summed E-state index contributed by atoms with van der Waals surface area (Å²) in [5, 5.41) is 11.5. The molecule has 0 fully saturated rings. The minimum Gasteiger partial charge on any atom is -0.206 e. The number of benzene rings is 3. The van der Waals surface area contributed by atoms with Crippen molar-refractivity contribution >= 4 is 22.4 Å². The lowest BCUT2D eigenvalue weighted by molar-refractivity contribution is 0.624. The monoisotopic (exact) mass is 273 g/mol. The Labute approximate surface area is 122 Å². The van der Waals surface area contributed by atoms with Crippen LogP contribution < -0.4 is 0 Å². The third kappa shape index (κ3) is 2.54. The molecule has 0 saturated heterocycles. The molecule has 0 aliphatic carbocycles. The van der Waals surface area contributed by atoms with Gasteiger partial charge in [0.05, 0.1) is 11.6 Å². The van der Waals surface area contributed by atoms with Crippen molar-refractivity contribution < 1.29 is 4.39 Å². The Hall–Kier alpha value is -2.92. The fourth-order valence-corrected chi connectivity index (χ4v) is 2.38. The van der Waals surface area contributed by atoms with Crippen molar-refractivity contribution in [3.63, 3.8) is 0 Å². The van der Waals surface area contributed by atoms with Gasteiger partial charge in [0.2, 0.25) is 0 Å². The highest BCUT2D eigenvalue weighted by Gasteiger charge is 2.07. The zero-order valence-corrected chi connectivity index (χ0v) is 11.3. The number of hydrogen-bond acceptors (Lipinski definition) is 1. The summed E-state index contributed by atoms with van der Waals surface area (Å²) < 4.78 is 13.9. The van der Waals surface area contributed by atoms with Crippen LogP contribution in [0.1, 0.15) is 11.1 Å². The molecule has 0 aliphatic rings. The smallest absolute Gasteiger partial charge is 0.131 e. The molecule has 0 spiro atoms. The van der Waals surface area contributed by atoms with Crippen LogP contribution in [0.2, 0.25) is 0 Å². The number of rotatable bonds is 2. The minimum absolute atomic E-state index is 0.324. The normalized spacial score (nSPS) is 11.3. The first-order chi connectivity index (χ1) is 10.3. The SMILES string of the molecule is N#CC(=Cc1cccc2ccccc12)c1ccccc1F. The second-order valence-electron chi connectivity index (χ2n) is 4.72. The first-order valence-corrected chi connectivity index (χ1v) is 6.64. The van der Waals surface area contributed by atoms with E-state index >= 15 is 0 Å². The van der Waals surface area contributed by atoms with Crippen molar-refractivity contribution in [2.45, 2.75) is 0 Å². The average Bonchev–Trinajstić information content (AvgIpc) is 2.53. The summed E-state index contributed by atoms with van der Waals surface area (Å²) in [6.45, 7) is 0. The second kappa shape index (κ2) is 5.60. The van der Waals surface area contributed by atoms with Gasteiger partial charge in [0.15, 0.2) is 0 Å². The highest BCUT2D eigenvalue weighted by atomic mass is 19.1. The number of nitriles is 1. The number of fused-ring (bicyclic) bond motifs is 1. The summed E-state index contributed by atoms with van der Waals surface area (Å²) in [5.74, 6) is -0.384. The maximum Gasteiger partial charge on any atom is 0.131 e. The van der Waals surface area contributed by atoms with E-state index < -0.39 is 0 Å². The number of allylic oxidation sites excluding steroid dienone is 1. The van der Waals surface area contributed by atoms with Crippen LogP contribution in [-0.2, 0) is 0 Å². The van der Waals surface area contributed by atoms with E-state index in [1.807, 2.05) is 42.5 Å². The summed E-state index contributed by atoms with van der Waals surface area (Å²) in [5.41, 5.74) is 1.56. The summed E-state index contributed by atoms with van der Waals surface area (Å²) in [6, 6.07) is 22.2. The highest BCUT2D eigenvalue weighted by molar-refractivity contribution is 5.98. The maximum atomic E-state index is 13.9. The van der Waals surface area contributed by atoms with E-state index in [1.54, 1.807) is 24.3 Å². The van der Waals surface area contributed by atoms with Gasteiger partial charge in [0.25, 0.3) is 0 Å². The lowest BCUT2D eigenvalue weighted by atomic mass is 9.99. The molecule has 0 aliphatic heterocycles. The lowest BCUT2D eigenvalue weighted by Gasteiger charge is -2.04. The predicted octanol–water partition coefficient (Wildman–Crippen LogP) is 5.04. The van der Waals surface area contributed by atoms with Gasteiger partial charge in [0, 0.05) is 5.56 Å². The van der Waals surface area contributed by atoms with Crippen molar-refractivity contribution in [1.82, 2.24) is 0 Å². The van der Waals surface area contributed by atoms with Crippen LogP contribution >= 0.6 is 0 Å². The van der Waals surface area contributed by atoms with Gasteiger partial charge < -0.3 is 0 Å². The van der Waals surface area contributed by atoms with E-state index in [1.165, 1.54) is 6.07 Å². The Morgan fingerprint density at radius 1 is 0.905 bits per heavy atom. The first-order valence-electron chi connectivity index (χ1n) is 6.64. The third-order valence-corrected chi connectivity index (χ3v) is 3.41. The fraction of sp³-hybridized carbons (Fsp3) is 0. The minimum atomic E-state index is -0.384. The first kappa shape index (κ1) is 13.1. The van der Waals surface area contributed by atoms with E-state index in [0.29, 0.717) is 11.1 Å². The van der Waals surface area contributed by atoms with Crippen LogP contribution in [0.3, 0.4) is 0 Å². The van der Waals surface area contributed by atoms with Crippen molar-refractivity contribution in [2.24, 2.45) is 0 Å². The van der Waals surface area contributed by atoms with Crippen LogP contribution in [0, 0.1) is 17.1 Å². The third-order valence-electron chi connectivity index (χ3n) is 3.41. The van der Waals surface area contributed by atoms with Gasteiger partial charge in [-0.2, -0.15) is 5.26 Å². The molecule has 21 heavy (non-hydrogen) atoms. The molecule has 0 N–H and O–H groups in total. The van der Waals surface area contributed by atoms with Gasteiger partial charge >= 0.3 is 0 Å². The summed E-state index contributed by atoms with van der Waals surface area (Å²) in [4.78, 5) is 0. The van der Waals surface area contributed by atoms with Crippen molar-refractivity contribution in [3.8, 4) is 6.07 Å². The Morgan fingerprint density at radius 3 is 2.43 bits per heavy atom. The van der Waals surface area contributed by atoms with Crippen molar-refractivity contribution in [2.75, 3.05) is 0 Å². The standard InChI is InChI=1S/C19H12FN/c20-19-11-4-3-10-18(19)16(13-21)12-15-8-5-7-14-6-1-2-9-17(14)15/h1-12H. The van der Waals surface area contributed by atoms with Crippen LogP contribution in [0.15, 0.2) is 66.7 Å². The molecule has 0 aromatic heterocycles. The zero-order valence-electron chi connectivity index (χ0n) is 11.3. The predicted molar refractivity (Wildman–Crippen MR) is 83.8 cm³/mol. The molecule has 0 bridgehead atoms. The number of hydrogen-bond donors (Lipinski definition) is 0. The van der Waals surface area contributed by atoms with Gasteiger partial charge in [0.1, 0.15) is 5.82 Å².